The fourth-order valence-electron chi connectivity index (χ4n) is 0.550. The third kappa shape index (κ3) is 2.54. The van der Waals surface area contributed by atoms with E-state index in [0.717, 1.165) is 4.47 Å². The molecule has 0 saturated carbocycles. The molecule has 5 heteroatoms. The molecule has 0 amide bonds. The van der Waals surface area contributed by atoms with Crippen molar-refractivity contribution in [3.05, 3.63) is 20.8 Å². The van der Waals surface area contributed by atoms with Crippen molar-refractivity contribution in [3.63, 3.8) is 0 Å². The van der Waals surface area contributed by atoms with E-state index in [1.807, 2.05) is 5.38 Å². The molecule has 0 aliphatic heterocycles. The van der Waals surface area contributed by atoms with Crippen LogP contribution in [0.2, 0.25) is 0 Å². The molecule has 0 radical (unpaired) electrons. The Kier molecular flexibility index (Phi) is 3.55. The summed E-state index contributed by atoms with van der Waals surface area (Å²) in [6.07, 6.45) is 0. The van der Waals surface area contributed by atoms with Gasteiger partial charge in [-0.25, -0.2) is 0 Å². The van der Waals surface area contributed by atoms with Crippen molar-refractivity contribution in [1.82, 2.24) is 0 Å². The molecular formula is C6H3Br2ClOS. The highest BCUT2D eigenvalue weighted by atomic mass is 79.9. The average molecular weight is 318 g/mol. The molecular weight excluding hydrogens is 315 g/mol. The van der Waals surface area contributed by atoms with Crippen molar-refractivity contribution in [3.8, 4) is 0 Å². The first kappa shape index (κ1) is 9.71. The quantitative estimate of drug-likeness (QED) is 0.601. The van der Waals surface area contributed by atoms with Crippen LogP contribution in [-0.4, -0.2) is 10.1 Å². The van der Waals surface area contributed by atoms with Gasteiger partial charge in [0.15, 0.2) is 4.29 Å². The van der Waals surface area contributed by atoms with Gasteiger partial charge in [0.25, 0.3) is 0 Å². The van der Waals surface area contributed by atoms with E-state index in [0.29, 0.717) is 4.88 Å². The number of thiophene rings is 1. The average Bonchev–Trinajstić information content (AvgIpc) is 2.34. The number of Topliss-reactive ketones (excluding diaryl/α,β-unsaturated/α-hetero) is 1. The molecule has 0 spiro atoms. The second kappa shape index (κ2) is 4.03. The minimum absolute atomic E-state index is 0.0950. The highest BCUT2D eigenvalue weighted by molar-refractivity contribution is 9.10. The topological polar surface area (TPSA) is 17.1 Å². The summed E-state index contributed by atoms with van der Waals surface area (Å²) in [5, 5.41) is 1.85. The maximum atomic E-state index is 11.2. The Hall–Kier alpha value is 0.620. The van der Waals surface area contributed by atoms with Crippen molar-refractivity contribution < 1.29 is 4.79 Å². The van der Waals surface area contributed by atoms with Crippen LogP contribution in [0.5, 0.6) is 0 Å². The molecule has 0 fully saturated rings. The lowest BCUT2D eigenvalue weighted by atomic mass is 10.4. The van der Waals surface area contributed by atoms with Crippen molar-refractivity contribution in [2.45, 2.75) is 4.29 Å². The predicted octanol–water partition coefficient (Wildman–Crippen LogP) is 3.65. The number of rotatable bonds is 2. The monoisotopic (exact) mass is 316 g/mol. The summed E-state index contributed by atoms with van der Waals surface area (Å²) in [5.74, 6) is -0.0950. The summed E-state index contributed by atoms with van der Waals surface area (Å²) in [4.78, 5) is 11.8. The number of carbonyl (C=O) groups excluding carboxylic acids is 1. The second-order valence-electron chi connectivity index (χ2n) is 1.79. The molecule has 1 nitrogen and oxygen atoms in total. The summed E-state index contributed by atoms with van der Waals surface area (Å²) in [5.41, 5.74) is 0. The van der Waals surface area contributed by atoms with Gasteiger partial charge in [0.2, 0.25) is 5.78 Å². The van der Waals surface area contributed by atoms with Gasteiger partial charge in [0.05, 0.1) is 4.88 Å². The fourth-order valence-corrected chi connectivity index (χ4v) is 2.53. The molecule has 0 aliphatic carbocycles. The minimum Gasteiger partial charge on any atom is -0.291 e. The summed E-state index contributed by atoms with van der Waals surface area (Å²) in [7, 11) is 0. The van der Waals surface area contributed by atoms with Crippen LogP contribution in [0.15, 0.2) is 15.9 Å². The van der Waals surface area contributed by atoms with Crippen molar-refractivity contribution in [2.24, 2.45) is 0 Å². The largest absolute Gasteiger partial charge is 0.291 e. The van der Waals surface area contributed by atoms with Crippen molar-refractivity contribution in [2.75, 3.05) is 0 Å². The lowest BCUT2D eigenvalue weighted by Crippen LogP contribution is -2.04. The minimum atomic E-state index is -0.618. The molecule has 1 atom stereocenters. The van der Waals surface area contributed by atoms with E-state index in [1.54, 1.807) is 6.07 Å². The number of halogens is 3. The van der Waals surface area contributed by atoms with Gasteiger partial charge in [0.1, 0.15) is 0 Å². The van der Waals surface area contributed by atoms with Crippen LogP contribution in [0.1, 0.15) is 9.67 Å². The Morgan fingerprint density at radius 2 is 2.36 bits per heavy atom. The molecule has 1 unspecified atom stereocenters. The molecule has 1 heterocycles. The van der Waals surface area contributed by atoms with Crippen molar-refractivity contribution in [1.29, 1.82) is 0 Å². The molecule has 1 aromatic rings. The van der Waals surface area contributed by atoms with E-state index in [1.165, 1.54) is 11.3 Å². The van der Waals surface area contributed by atoms with Crippen LogP contribution in [0, 0.1) is 0 Å². The number of hydrogen-bond acceptors (Lipinski definition) is 2. The Balaban J connectivity index is 2.85. The molecule has 0 N–H and O–H groups in total. The summed E-state index contributed by atoms with van der Waals surface area (Å²) in [6, 6.07) is 1.75. The van der Waals surface area contributed by atoms with E-state index in [2.05, 4.69) is 31.9 Å². The Morgan fingerprint density at radius 3 is 2.73 bits per heavy atom. The van der Waals surface area contributed by atoms with Crippen LogP contribution >= 0.6 is 54.8 Å². The van der Waals surface area contributed by atoms with Gasteiger partial charge in [-0.3, -0.25) is 4.79 Å². The molecule has 0 saturated heterocycles. The third-order valence-electron chi connectivity index (χ3n) is 1.01. The summed E-state index contributed by atoms with van der Waals surface area (Å²) in [6.45, 7) is 0. The number of ketones is 1. The molecule has 1 aromatic heterocycles. The highest BCUT2D eigenvalue weighted by Gasteiger charge is 2.15. The number of hydrogen-bond donors (Lipinski definition) is 0. The zero-order chi connectivity index (χ0) is 8.43. The Labute approximate surface area is 90.0 Å². The Bertz CT molecular complexity index is 271. The molecule has 1 rings (SSSR count). The molecule has 0 aromatic carbocycles. The van der Waals surface area contributed by atoms with E-state index in [9.17, 15) is 4.79 Å². The van der Waals surface area contributed by atoms with Gasteiger partial charge >= 0.3 is 0 Å². The first-order valence-electron chi connectivity index (χ1n) is 2.67. The second-order valence-corrected chi connectivity index (χ2v) is 5.50. The highest BCUT2D eigenvalue weighted by Crippen LogP contribution is 2.23. The van der Waals surface area contributed by atoms with Crippen LogP contribution in [0.4, 0.5) is 0 Å². The first-order valence-corrected chi connectivity index (χ1v) is 5.70. The lowest BCUT2D eigenvalue weighted by Gasteiger charge is -1.94. The maximum absolute atomic E-state index is 11.2. The normalized spacial score (nSPS) is 13.0. The smallest absolute Gasteiger partial charge is 0.201 e. The summed E-state index contributed by atoms with van der Waals surface area (Å²) < 4.78 is 0.295. The van der Waals surface area contributed by atoms with E-state index in [-0.39, 0.29) is 5.78 Å². The number of carbonyl (C=O) groups is 1. The molecule has 60 valence electrons. The first-order chi connectivity index (χ1) is 5.11. The predicted molar refractivity (Wildman–Crippen MR) is 54.9 cm³/mol. The van der Waals surface area contributed by atoms with Crippen LogP contribution in [-0.2, 0) is 0 Å². The van der Waals surface area contributed by atoms with Crippen LogP contribution in [0.3, 0.4) is 0 Å². The van der Waals surface area contributed by atoms with Crippen LogP contribution in [0.25, 0.3) is 0 Å². The molecule has 11 heavy (non-hydrogen) atoms. The summed E-state index contributed by atoms with van der Waals surface area (Å²) >= 11 is 13.1. The standard InChI is InChI=1S/C6H3Br2ClOS/c7-3-1-4(11-2-3)5(10)6(8)9/h1-2,6H. The van der Waals surface area contributed by atoms with Crippen molar-refractivity contribution >= 4 is 60.6 Å². The number of alkyl halides is 2. The van der Waals surface area contributed by atoms with E-state index < -0.39 is 4.29 Å². The SMILES string of the molecule is O=C(c1cc(Br)cs1)C(Cl)Br. The zero-order valence-electron chi connectivity index (χ0n) is 5.18. The van der Waals surface area contributed by atoms with Gasteiger partial charge < -0.3 is 0 Å². The fraction of sp³-hybridized carbons (Fsp3) is 0.167. The van der Waals surface area contributed by atoms with E-state index >= 15 is 0 Å². The van der Waals surface area contributed by atoms with E-state index in [4.69, 9.17) is 11.6 Å². The van der Waals surface area contributed by atoms with Gasteiger partial charge in [-0.1, -0.05) is 15.9 Å². The molecule has 0 aliphatic rings. The maximum Gasteiger partial charge on any atom is 0.201 e. The lowest BCUT2D eigenvalue weighted by molar-refractivity contribution is 0.101. The van der Waals surface area contributed by atoms with Gasteiger partial charge in [-0.05, 0) is 22.0 Å². The Morgan fingerprint density at radius 1 is 1.73 bits per heavy atom. The van der Waals surface area contributed by atoms with Gasteiger partial charge in [-0.2, -0.15) is 0 Å². The zero-order valence-corrected chi connectivity index (χ0v) is 9.93. The van der Waals surface area contributed by atoms with Crippen LogP contribution < -0.4 is 0 Å². The third-order valence-corrected chi connectivity index (χ3v) is 3.33. The van der Waals surface area contributed by atoms with Gasteiger partial charge in [-0.15, -0.1) is 22.9 Å². The van der Waals surface area contributed by atoms with Gasteiger partial charge in [0, 0.05) is 9.85 Å². The molecule has 0 bridgehead atoms.